The molecule has 39 heavy (non-hydrogen) atoms. The summed E-state index contributed by atoms with van der Waals surface area (Å²) >= 11 is 0. The highest BCUT2D eigenvalue weighted by atomic mass is 16.5. The summed E-state index contributed by atoms with van der Waals surface area (Å²) in [5.74, 6) is 0.931. The van der Waals surface area contributed by atoms with Crippen molar-refractivity contribution in [3.8, 4) is 28.0 Å². The molecule has 0 saturated carbocycles. The average Bonchev–Trinajstić information content (AvgIpc) is 3.37. The van der Waals surface area contributed by atoms with Gasteiger partial charge in [-0.05, 0) is 52.6 Å². The molecule has 2 heteroatoms. The highest BCUT2D eigenvalue weighted by Gasteiger charge is 2.59. The first-order valence-electron chi connectivity index (χ1n) is 13.8. The molecule has 0 N–H and O–H groups in total. The van der Waals surface area contributed by atoms with Crippen molar-refractivity contribution in [2.45, 2.75) is 25.5 Å². The number of hydrogen-bond acceptors (Lipinski definition) is 1. The quantitative estimate of drug-likeness (QED) is 0.226. The van der Waals surface area contributed by atoms with Gasteiger partial charge in [-0.2, -0.15) is 4.57 Å². The average molecular weight is 501 g/mol. The van der Waals surface area contributed by atoms with Gasteiger partial charge in [0.2, 0.25) is 0 Å². The van der Waals surface area contributed by atoms with E-state index in [2.05, 4.69) is 127 Å². The summed E-state index contributed by atoms with van der Waals surface area (Å²) in [5, 5.41) is 2.62. The van der Waals surface area contributed by atoms with Crippen molar-refractivity contribution in [1.82, 2.24) is 0 Å². The second-order valence-electron chi connectivity index (χ2n) is 11.1. The molecule has 0 fully saturated rings. The van der Waals surface area contributed by atoms with E-state index in [0.717, 1.165) is 18.6 Å². The van der Waals surface area contributed by atoms with Crippen LogP contribution >= 0.6 is 0 Å². The van der Waals surface area contributed by atoms with E-state index in [1.54, 1.807) is 0 Å². The maximum atomic E-state index is 7.46. The first kappa shape index (κ1) is 21.3. The fourth-order valence-electron chi connectivity index (χ4n) is 7.48. The van der Waals surface area contributed by atoms with Crippen LogP contribution in [0.4, 0.5) is 0 Å². The van der Waals surface area contributed by atoms with Gasteiger partial charge >= 0.3 is 5.72 Å². The molecule has 0 radical (unpaired) electrons. The van der Waals surface area contributed by atoms with Crippen molar-refractivity contribution in [3.63, 3.8) is 0 Å². The molecule has 6 aromatic rings. The van der Waals surface area contributed by atoms with Crippen LogP contribution in [-0.2, 0) is 18.6 Å². The van der Waals surface area contributed by atoms with Crippen LogP contribution in [0.5, 0.6) is 5.75 Å². The van der Waals surface area contributed by atoms with Gasteiger partial charge in [0.15, 0.2) is 11.9 Å². The second-order valence-corrected chi connectivity index (χ2v) is 11.1. The summed E-state index contributed by atoms with van der Waals surface area (Å²) in [6.45, 7) is 2.25. The Morgan fingerprint density at radius 3 is 2.38 bits per heavy atom. The monoisotopic (exact) mass is 500 g/mol. The second kappa shape index (κ2) is 7.45. The van der Waals surface area contributed by atoms with Crippen LogP contribution in [0.15, 0.2) is 115 Å². The van der Waals surface area contributed by atoms with E-state index in [1.807, 2.05) is 0 Å². The molecule has 2 heterocycles. The number of benzene rings is 5. The van der Waals surface area contributed by atoms with E-state index < -0.39 is 5.72 Å². The van der Waals surface area contributed by atoms with Crippen LogP contribution in [0.1, 0.15) is 39.1 Å². The number of fused-ring (bicyclic) bond motifs is 3. The molecule has 1 unspecified atom stereocenters. The van der Waals surface area contributed by atoms with Crippen LogP contribution in [0.3, 0.4) is 0 Å². The van der Waals surface area contributed by atoms with Gasteiger partial charge in [-0.15, -0.1) is 0 Å². The third-order valence-corrected chi connectivity index (χ3v) is 9.03. The molecule has 1 aliphatic heterocycles. The van der Waals surface area contributed by atoms with Gasteiger partial charge in [0, 0.05) is 34.2 Å². The molecule has 9 rings (SSSR count). The van der Waals surface area contributed by atoms with Gasteiger partial charge in [-0.1, -0.05) is 91.0 Å². The largest absolute Gasteiger partial charge is 0.423 e. The van der Waals surface area contributed by atoms with Crippen molar-refractivity contribution >= 4 is 10.8 Å². The maximum absolute atomic E-state index is 7.46. The molecular weight excluding hydrogens is 474 g/mol. The lowest BCUT2D eigenvalue weighted by molar-refractivity contribution is -0.783. The van der Waals surface area contributed by atoms with Crippen LogP contribution in [-0.4, -0.2) is 0 Å². The van der Waals surface area contributed by atoms with Gasteiger partial charge in [-0.25, -0.2) is 0 Å². The molecule has 1 aromatic heterocycles. The van der Waals surface area contributed by atoms with Crippen LogP contribution in [0.2, 0.25) is 0 Å². The topological polar surface area (TPSA) is 13.1 Å². The minimum absolute atomic E-state index is 0.819. The molecule has 0 saturated heterocycles. The molecule has 2 nitrogen and oxygen atoms in total. The molecule has 1 atom stereocenters. The van der Waals surface area contributed by atoms with E-state index in [9.17, 15) is 0 Å². The summed E-state index contributed by atoms with van der Waals surface area (Å²) in [5.41, 5.74) is 13.6. The standard InChI is InChI=1S/C37H26NO/c1-23-14-15-25-16-17-26-22-27-18-19-30-29-12-5-6-13-31(29)39-37(35(23)33(25)32(26)34(27)36(30)37)38-20-8-7-11-28(38)21-24-9-3-2-4-10-24/h2-20H,21-22H2,1H3/q+1. The Bertz CT molecular complexity index is 2010. The Balaban J connectivity index is 1.48. The number of para-hydroxylation sites is 1. The van der Waals surface area contributed by atoms with Crippen LogP contribution in [0, 0.1) is 6.92 Å². The smallest absolute Gasteiger partial charge is 0.368 e. The fraction of sp³-hybridized carbons (Fsp3) is 0.108. The fourth-order valence-corrected chi connectivity index (χ4v) is 7.48. The van der Waals surface area contributed by atoms with Gasteiger partial charge in [0.05, 0.1) is 17.5 Å². The summed E-state index contributed by atoms with van der Waals surface area (Å²) < 4.78 is 9.90. The first-order chi connectivity index (χ1) is 19.2. The number of rotatable bonds is 3. The summed E-state index contributed by atoms with van der Waals surface area (Å²) in [7, 11) is 0. The van der Waals surface area contributed by atoms with E-state index in [4.69, 9.17) is 4.74 Å². The van der Waals surface area contributed by atoms with Gasteiger partial charge in [0.25, 0.3) is 0 Å². The third-order valence-electron chi connectivity index (χ3n) is 9.03. The van der Waals surface area contributed by atoms with Crippen LogP contribution in [0.25, 0.3) is 33.0 Å². The van der Waals surface area contributed by atoms with E-state index in [1.165, 1.54) is 72.1 Å². The van der Waals surface area contributed by atoms with Crippen molar-refractivity contribution in [1.29, 1.82) is 0 Å². The zero-order valence-corrected chi connectivity index (χ0v) is 21.7. The number of aryl methyl sites for hydroxylation is 1. The minimum Gasteiger partial charge on any atom is -0.423 e. The van der Waals surface area contributed by atoms with Gasteiger partial charge < -0.3 is 4.74 Å². The predicted molar refractivity (Wildman–Crippen MR) is 155 cm³/mol. The summed E-state index contributed by atoms with van der Waals surface area (Å²) in [6.07, 6.45) is 4.02. The SMILES string of the molecule is Cc1ccc2ccc3c4c2c1C1([n+]2ccccc2Cc2ccccc2)Oc2ccccc2-c2ccc(c-4c21)C3. The molecule has 0 spiro atoms. The zero-order chi connectivity index (χ0) is 25.7. The molecule has 3 aliphatic rings. The Morgan fingerprint density at radius 2 is 1.46 bits per heavy atom. The summed E-state index contributed by atoms with van der Waals surface area (Å²) in [6, 6.07) is 39.8. The Morgan fingerprint density at radius 1 is 0.692 bits per heavy atom. The predicted octanol–water partition coefficient (Wildman–Crippen LogP) is 7.72. The lowest BCUT2D eigenvalue weighted by Crippen LogP contribution is -2.65. The third kappa shape index (κ3) is 2.64. The van der Waals surface area contributed by atoms with Crippen LogP contribution < -0.4 is 9.30 Å². The van der Waals surface area contributed by atoms with Crippen molar-refractivity contribution in [2.75, 3.05) is 0 Å². The lowest BCUT2D eigenvalue weighted by atomic mass is 9.72. The molecular formula is C37H26NO+. The highest BCUT2D eigenvalue weighted by Crippen LogP contribution is 2.59. The first-order valence-corrected chi connectivity index (χ1v) is 13.8. The lowest BCUT2D eigenvalue weighted by Gasteiger charge is -2.41. The van der Waals surface area contributed by atoms with Gasteiger partial charge in [0.1, 0.15) is 5.75 Å². The van der Waals surface area contributed by atoms with E-state index in [0.29, 0.717) is 0 Å². The molecule has 5 aromatic carbocycles. The van der Waals surface area contributed by atoms with Crippen molar-refractivity contribution in [3.05, 3.63) is 154 Å². The Hall–Kier alpha value is -4.69. The normalized spacial score (nSPS) is 17.2. The number of pyridine rings is 1. The number of ether oxygens (including phenoxy) is 1. The highest BCUT2D eigenvalue weighted by molar-refractivity contribution is 6.09. The number of aromatic nitrogens is 1. The maximum Gasteiger partial charge on any atom is 0.368 e. The number of hydrogen-bond donors (Lipinski definition) is 0. The zero-order valence-electron chi connectivity index (χ0n) is 21.7. The molecule has 0 amide bonds. The summed E-state index contributed by atoms with van der Waals surface area (Å²) in [4.78, 5) is 0. The van der Waals surface area contributed by atoms with Crippen molar-refractivity contribution in [2.24, 2.45) is 0 Å². The van der Waals surface area contributed by atoms with Crippen molar-refractivity contribution < 1.29 is 9.30 Å². The Kier molecular flexibility index (Phi) is 4.06. The Labute approximate surface area is 227 Å². The molecule has 0 bridgehead atoms. The minimum atomic E-state index is -0.819. The number of nitrogens with zero attached hydrogens (tertiary/aromatic N) is 1. The van der Waals surface area contributed by atoms with Gasteiger partial charge in [-0.3, -0.25) is 0 Å². The molecule has 2 aliphatic carbocycles. The molecule has 184 valence electrons. The van der Waals surface area contributed by atoms with E-state index >= 15 is 0 Å². The van der Waals surface area contributed by atoms with E-state index in [-0.39, 0.29) is 0 Å².